The fraction of sp³-hybridized carbons (Fsp3) is 0.333. The van der Waals surface area contributed by atoms with Crippen molar-refractivity contribution in [3.05, 3.63) is 45.9 Å². The van der Waals surface area contributed by atoms with Crippen LogP contribution in [0.15, 0.2) is 34.2 Å². The molecule has 0 bridgehead atoms. The highest BCUT2D eigenvalue weighted by molar-refractivity contribution is 7.98. The Hall–Kier alpha value is -1.97. The molecule has 110 valence electrons. The van der Waals surface area contributed by atoms with Crippen molar-refractivity contribution < 1.29 is 0 Å². The molecule has 1 heterocycles. The maximum atomic E-state index is 11.6. The van der Waals surface area contributed by atoms with Crippen molar-refractivity contribution in [2.45, 2.75) is 30.8 Å². The molecule has 2 rings (SSSR count). The SMILES string of the molecule is CCCn1c(SCc2ccccc2C#CCN)n[nH]c1=O. The number of benzene rings is 1. The van der Waals surface area contributed by atoms with Crippen LogP contribution < -0.4 is 11.4 Å². The molecule has 5 nitrogen and oxygen atoms in total. The molecule has 0 spiro atoms. The molecule has 0 atom stereocenters. The van der Waals surface area contributed by atoms with Gasteiger partial charge in [-0.1, -0.05) is 48.7 Å². The van der Waals surface area contributed by atoms with Gasteiger partial charge in [0.05, 0.1) is 6.54 Å². The number of nitrogens with zero attached hydrogens (tertiary/aromatic N) is 2. The molecule has 0 saturated heterocycles. The van der Waals surface area contributed by atoms with Crippen LogP contribution in [0.2, 0.25) is 0 Å². The first-order valence-corrected chi connectivity index (χ1v) is 7.79. The molecule has 1 aromatic heterocycles. The highest BCUT2D eigenvalue weighted by Crippen LogP contribution is 2.21. The van der Waals surface area contributed by atoms with E-state index < -0.39 is 0 Å². The topological polar surface area (TPSA) is 76.7 Å². The number of rotatable bonds is 5. The summed E-state index contributed by atoms with van der Waals surface area (Å²) in [6.45, 7) is 3.05. The zero-order valence-electron chi connectivity index (χ0n) is 11.9. The van der Waals surface area contributed by atoms with Crippen molar-refractivity contribution in [1.82, 2.24) is 14.8 Å². The zero-order chi connectivity index (χ0) is 15.1. The maximum absolute atomic E-state index is 11.6. The molecule has 0 saturated carbocycles. The van der Waals surface area contributed by atoms with Gasteiger partial charge in [-0.3, -0.25) is 4.57 Å². The van der Waals surface area contributed by atoms with E-state index in [2.05, 4.69) is 22.0 Å². The van der Waals surface area contributed by atoms with Gasteiger partial charge in [-0.25, -0.2) is 9.89 Å². The fourth-order valence-corrected chi connectivity index (χ4v) is 2.87. The second-order valence-corrected chi connectivity index (χ2v) is 5.36. The third-order valence-corrected chi connectivity index (χ3v) is 3.89. The Kier molecular flexibility index (Phi) is 5.67. The number of thioether (sulfide) groups is 1. The summed E-state index contributed by atoms with van der Waals surface area (Å²) in [6.07, 6.45) is 0.894. The number of H-pyrrole nitrogens is 1. The van der Waals surface area contributed by atoms with Gasteiger partial charge < -0.3 is 5.73 Å². The molecule has 0 fully saturated rings. The van der Waals surface area contributed by atoms with Crippen molar-refractivity contribution in [2.75, 3.05) is 6.54 Å². The number of aromatic nitrogens is 3. The Morgan fingerprint density at radius 1 is 1.43 bits per heavy atom. The van der Waals surface area contributed by atoms with Gasteiger partial charge in [0.2, 0.25) is 0 Å². The van der Waals surface area contributed by atoms with Crippen LogP contribution in [0, 0.1) is 11.8 Å². The summed E-state index contributed by atoms with van der Waals surface area (Å²) in [5.41, 5.74) is 7.34. The number of hydrogen-bond acceptors (Lipinski definition) is 4. The highest BCUT2D eigenvalue weighted by atomic mass is 32.2. The van der Waals surface area contributed by atoms with E-state index in [-0.39, 0.29) is 5.69 Å². The Labute approximate surface area is 127 Å². The molecule has 0 unspecified atom stereocenters. The van der Waals surface area contributed by atoms with Crippen LogP contribution in [-0.2, 0) is 12.3 Å². The largest absolute Gasteiger partial charge is 0.343 e. The Morgan fingerprint density at radius 3 is 3.00 bits per heavy atom. The van der Waals surface area contributed by atoms with Crippen LogP contribution in [0.4, 0.5) is 0 Å². The number of nitrogens with two attached hydrogens (primary N) is 1. The van der Waals surface area contributed by atoms with Crippen molar-refractivity contribution >= 4 is 11.8 Å². The minimum Gasteiger partial charge on any atom is -0.320 e. The van der Waals surface area contributed by atoms with Gasteiger partial charge in [-0.05, 0) is 18.1 Å². The third-order valence-electron chi connectivity index (χ3n) is 2.87. The maximum Gasteiger partial charge on any atom is 0.343 e. The van der Waals surface area contributed by atoms with E-state index in [1.165, 1.54) is 11.8 Å². The van der Waals surface area contributed by atoms with Crippen LogP contribution in [0.5, 0.6) is 0 Å². The summed E-state index contributed by atoms with van der Waals surface area (Å²) in [5.74, 6) is 6.65. The number of hydrogen-bond donors (Lipinski definition) is 2. The smallest absolute Gasteiger partial charge is 0.320 e. The first-order chi connectivity index (χ1) is 10.3. The first kappa shape index (κ1) is 15.4. The Bertz CT molecular complexity index is 708. The normalized spacial score (nSPS) is 10.2. The van der Waals surface area contributed by atoms with Crippen LogP contribution in [0.3, 0.4) is 0 Å². The van der Waals surface area contributed by atoms with E-state index in [0.717, 1.165) is 17.5 Å². The Balaban J connectivity index is 2.15. The van der Waals surface area contributed by atoms with E-state index in [0.29, 0.717) is 24.0 Å². The van der Waals surface area contributed by atoms with Gasteiger partial charge in [0.15, 0.2) is 5.16 Å². The van der Waals surface area contributed by atoms with Gasteiger partial charge >= 0.3 is 5.69 Å². The lowest BCUT2D eigenvalue weighted by atomic mass is 10.1. The lowest BCUT2D eigenvalue weighted by Gasteiger charge is -2.05. The lowest BCUT2D eigenvalue weighted by molar-refractivity contribution is 0.604. The zero-order valence-corrected chi connectivity index (χ0v) is 12.7. The van der Waals surface area contributed by atoms with Crippen molar-refractivity contribution in [1.29, 1.82) is 0 Å². The molecule has 0 radical (unpaired) electrons. The average molecular weight is 302 g/mol. The van der Waals surface area contributed by atoms with Crippen LogP contribution >= 0.6 is 11.8 Å². The van der Waals surface area contributed by atoms with Gasteiger partial charge in [-0.2, -0.15) is 0 Å². The number of aromatic amines is 1. The molecule has 0 aliphatic rings. The molecular formula is C15H18N4OS. The van der Waals surface area contributed by atoms with E-state index in [4.69, 9.17) is 5.73 Å². The second kappa shape index (κ2) is 7.72. The summed E-state index contributed by atoms with van der Waals surface area (Å²) >= 11 is 1.53. The summed E-state index contributed by atoms with van der Waals surface area (Å²) in [4.78, 5) is 11.6. The predicted octanol–water partition coefficient (Wildman–Crippen LogP) is 1.58. The van der Waals surface area contributed by atoms with E-state index in [1.807, 2.05) is 31.2 Å². The second-order valence-electron chi connectivity index (χ2n) is 4.41. The quantitative estimate of drug-likeness (QED) is 0.649. The van der Waals surface area contributed by atoms with Crippen molar-refractivity contribution in [2.24, 2.45) is 5.73 Å². The molecule has 3 N–H and O–H groups in total. The van der Waals surface area contributed by atoms with Crippen molar-refractivity contribution in [3.63, 3.8) is 0 Å². The summed E-state index contributed by atoms with van der Waals surface area (Å²) in [6, 6.07) is 7.94. The lowest BCUT2D eigenvalue weighted by Crippen LogP contribution is -2.17. The molecule has 6 heteroatoms. The fourth-order valence-electron chi connectivity index (χ4n) is 1.89. The molecule has 0 aliphatic carbocycles. The predicted molar refractivity (Wildman–Crippen MR) is 85.1 cm³/mol. The van der Waals surface area contributed by atoms with E-state index >= 15 is 0 Å². The van der Waals surface area contributed by atoms with Gasteiger partial charge in [0, 0.05) is 17.9 Å². The number of nitrogens with one attached hydrogen (secondary N) is 1. The standard InChI is InChI=1S/C15H18N4OS/c1-2-10-19-14(20)17-18-15(19)21-11-13-7-4-3-6-12(13)8-5-9-16/h3-4,6-7H,2,9-11,16H2,1H3,(H,17,20). The van der Waals surface area contributed by atoms with Gasteiger partial charge in [0.25, 0.3) is 0 Å². The third kappa shape index (κ3) is 4.00. The minimum absolute atomic E-state index is 0.157. The van der Waals surface area contributed by atoms with Crippen LogP contribution in [0.25, 0.3) is 0 Å². The Morgan fingerprint density at radius 2 is 2.24 bits per heavy atom. The van der Waals surface area contributed by atoms with Crippen molar-refractivity contribution in [3.8, 4) is 11.8 Å². The van der Waals surface area contributed by atoms with Crippen LogP contribution in [0.1, 0.15) is 24.5 Å². The molecule has 1 aromatic carbocycles. The van der Waals surface area contributed by atoms with Gasteiger partial charge in [0.1, 0.15) is 0 Å². The molecule has 0 amide bonds. The van der Waals surface area contributed by atoms with E-state index in [1.54, 1.807) is 4.57 Å². The highest BCUT2D eigenvalue weighted by Gasteiger charge is 2.09. The summed E-state index contributed by atoms with van der Waals surface area (Å²) in [7, 11) is 0. The average Bonchev–Trinajstić information content (AvgIpc) is 2.85. The monoisotopic (exact) mass is 302 g/mol. The summed E-state index contributed by atoms with van der Waals surface area (Å²) in [5, 5.41) is 7.28. The first-order valence-electron chi connectivity index (χ1n) is 6.81. The van der Waals surface area contributed by atoms with Gasteiger partial charge in [-0.15, -0.1) is 5.10 Å². The molecule has 2 aromatic rings. The summed E-state index contributed by atoms with van der Waals surface area (Å²) < 4.78 is 1.67. The van der Waals surface area contributed by atoms with Crippen LogP contribution in [-0.4, -0.2) is 21.3 Å². The molecule has 0 aliphatic heterocycles. The minimum atomic E-state index is -0.157. The van der Waals surface area contributed by atoms with E-state index in [9.17, 15) is 4.79 Å². The molecule has 21 heavy (non-hydrogen) atoms. The molecular weight excluding hydrogens is 284 g/mol.